The molecule has 0 bridgehead atoms. The molecular formula is C29H26N2O2. The summed E-state index contributed by atoms with van der Waals surface area (Å²) in [5.41, 5.74) is 2.12. The highest BCUT2D eigenvalue weighted by atomic mass is 16.2. The average Bonchev–Trinajstić information content (AvgIpc) is 2.83. The van der Waals surface area contributed by atoms with E-state index < -0.39 is 0 Å². The van der Waals surface area contributed by atoms with Crippen LogP contribution in [0, 0.1) is 0 Å². The van der Waals surface area contributed by atoms with Gasteiger partial charge in [0, 0.05) is 34.0 Å². The van der Waals surface area contributed by atoms with Crippen molar-refractivity contribution in [2.24, 2.45) is 0 Å². The monoisotopic (exact) mass is 434 g/mol. The Morgan fingerprint density at radius 1 is 0.697 bits per heavy atom. The topological polar surface area (TPSA) is 58.2 Å². The van der Waals surface area contributed by atoms with Gasteiger partial charge in [-0.2, -0.15) is 0 Å². The van der Waals surface area contributed by atoms with Gasteiger partial charge in [-0.15, -0.1) is 0 Å². The van der Waals surface area contributed by atoms with Crippen molar-refractivity contribution in [3.05, 3.63) is 65.7 Å². The lowest BCUT2D eigenvalue weighted by Crippen LogP contribution is -2.34. The summed E-state index contributed by atoms with van der Waals surface area (Å²) in [5, 5.41) is 14.9. The van der Waals surface area contributed by atoms with E-state index in [0.717, 1.165) is 51.0 Å². The summed E-state index contributed by atoms with van der Waals surface area (Å²) >= 11 is 0. The van der Waals surface area contributed by atoms with Crippen molar-refractivity contribution in [3.63, 3.8) is 0 Å². The van der Waals surface area contributed by atoms with Crippen LogP contribution in [0.1, 0.15) is 59.7 Å². The van der Waals surface area contributed by atoms with Crippen LogP contribution in [0.3, 0.4) is 0 Å². The highest BCUT2D eigenvalue weighted by Crippen LogP contribution is 2.45. The van der Waals surface area contributed by atoms with E-state index in [1.807, 2.05) is 18.2 Å². The van der Waals surface area contributed by atoms with Gasteiger partial charge in [0.2, 0.25) is 0 Å². The van der Waals surface area contributed by atoms with Gasteiger partial charge in [-0.3, -0.25) is 14.9 Å². The van der Waals surface area contributed by atoms with Gasteiger partial charge >= 0.3 is 0 Å². The Hall–Kier alpha value is -3.66. The van der Waals surface area contributed by atoms with Crippen molar-refractivity contribution in [1.82, 2.24) is 5.32 Å². The van der Waals surface area contributed by atoms with E-state index in [-0.39, 0.29) is 11.8 Å². The van der Waals surface area contributed by atoms with Gasteiger partial charge < -0.3 is 5.32 Å². The summed E-state index contributed by atoms with van der Waals surface area (Å²) in [5.74, 6) is -0.641. The third-order valence-electron chi connectivity index (χ3n) is 7.06. The Bertz CT molecular complexity index is 1560. The van der Waals surface area contributed by atoms with E-state index in [9.17, 15) is 9.59 Å². The molecule has 164 valence electrons. The molecule has 4 heteroatoms. The second-order valence-corrected chi connectivity index (χ2v) is 9.09. The van der Waals surface area contributed by atoms with Crippen molar-refractivity contribution in [1.29, 1.82) is 0 Å². The highest BCUT2D eigenvalue weighted by molar-refractivity contribution is 6.40. The van der Waals surface area contributed by atoms with Crippen molar-refractivity contribution in [2.45, 2.75) is 39.0 Å². The Labute approximate surface area is 192 Å². The molecule has 0 aliphatic carbocycles. The molecule has 33 heavy (non-hydrogen) atoms. The van der Waals surface area contributed by atoms with Crippen LogP contribution < -0.4 is 10.6 Å². The third-order valence-corrected chi connectivity index (χ3v) is 7.06. The average molecular weight is 435 g/mol. The number of fused-ring (bicyclic) bond motifs is 2. The Morgan fingerprint density at radius 3 is 2.24 bits per heavy atom. The summed E-state index contributed by atoms with van der Waals surface area (Å²) in [4.78, 5) is 25.6. The Kier molecular flexibility index (Phi) is 4.68. The Balaban J connectivity index is 1.66. The Morgan fingerprint density at radius 2 is 1.42 bits per heavy atom. The number of carbonyl (C=O) groups excluding carboxylic acids is 2. The number of rotatable bonds is 7. The molecule has 5 aromatic carbocycles. The zero-order valence-electron chi connectivity index (χ0n) is 18.8. The van der Waals surface area contributed by atoms with Crippen LogP contribution in [-0.4, -0.2) is 18.4 Å². The number of carbonyl (C=O) groups is 2. The molecule has 4 nitrogen and oxygen atoms in total. The number of unbranched alkanes of at least 4 members (excludes halogenated alkanes) is 4. The van der Waals surface area contributed by atoms with E-state index in [0.29, 0.717) is 11.1 Å². The summed E-state index contributed by atoms with van der Waals surface area (Å²) in [6.45, 7) is 3.08. The lowest BCUT2D eigenvalue weighted by atomic mass is 9.84. The number of anilines is 1. The first-order valence-electron chi connectivity index (χ1n) is 11.9. The normalized spacial score (nSPS) is 13.5. The number of nitrogens with one attached hydrogen (secondary N) is 2. The van der Waals surface area contributed by atoms with E-state index in [2.05, 4.69) is 54.0 Å². The molecule has 1 aliphatic heterocycles. The molecule has 0 saturated heterocycles. The van der Waals surface area contributed by atoms with Crippen molar-refractivity contribution < 1.29 is 9.59 Å². The molecule has 0 atom stereocenters. The van der Waals surface area contributed by atoms with Crippen LogP contribution in [0.2, 0.25) is 0 Å². The minimum absolute atomic E-state index is 0.320. The molecule has 1 aliphatic rings. The van der Waals surface area contributed by atoms with Crippen LogP contribution in [0.15, 0.2) is 54.6 Å². The maximum absolute atomic E-state index is 12.9. The molecule has 0 unspecified atom stereocenters. The second kappa shape index (κ2) is 7.73. The molecule has 0 fully saturated rings. The maximum atomic E-state index is 12.9. The molecular weight excluding hydrogens is 408 g/mol. The first-order chi connectivity index (χ1) is 16.2. The quantitative estimate of drug-likeness (QED) is 0.125. The van der Waals surface area contributed by atoms with Gasteiger partial charge in [-0.1, -0.05) is 75.1 Å². The number of imide groups is 1. The maximum Gasteiger partial charge on any atom is 0.258 e. The number of hydrogen-bond donors (Lipinski definition) is 2. The fraction of sp³-hybridized carbons (Fsp3) is 0.241. The molecule has 5 aromatic rings. The van der Waals surface area contributed by atoms with Crippen LogP contribution >= 0.6 is 0 Å². The predicted octanol–water partition coefficient (Wildman–Crippen LogP) is 7.00. The van der Waals surface area contributed by atoms with Gasteiger partial charge in [0.15, 0.2) is 0 Å². The summed E-state index contributed by atoms with van der Waals surface area (Å²) in [6, 6.07) is 18.6. The van der Waals surface area contributed by atoms with Gasteiger partial charge in [0.1, 0.15) is 0 Å². The van der Waals surface area contributed by atoms with Crippen LogP contribution in [0.4, 0.5) is 5.69 Å². The molecule has 2 N–H and O–H groups in total. The number of amides is 2. The van der Waals surface area contributed by atoms with Crippen molar-refractivity contribution in [2.75, 3.05) is 11.9 Å². The van der Waals surface area contributed by atoms with Crippen molar-refractivity contribution >= 4 is 60.6 Å². The SMILES string of the molecule is CCCCCCCNc1cc2c3c(ccc4c5cccc6cccc(c1c34)c65)C(=O)NC2=O. The minimum atomic E-state index is -0.321. The summed E-state index contributed by atoms with van der Waals surface area (Å²) in [6.07, 6.45) is 6.03. The van der Waals surface area contributed by atoms with Gasteiger partial charge in [0.25, 0.3) is 11.8 Å². The molecule has 6 rings (SSSR count). The second-order valence-electron chi connectivity index (χ2n) is 9.09. The molecule has 0 radical (unpaired) electrons. The van der Waals surface area contributed by atoms with Gasteiger partial charge in [-0.05, 0) is 45.5 Å². The fourth-order valence-corrected chi connectivity index (χ4v) is 5.54. The molecule has 1 heterocycles. The van der Waals surface area contributed by atoms with Gasteiger partial charge in [0.05, 0.1) is 5.56 Å². The largest absolute Gasteiger partial charge is 0.385 e. The zero-order valence-corrected chi connectivity index (χ0v) is 18.8. The van der Waals surface area contributed by atoms with Gasteiger partial charge in [-0.25, -0.2) is 0 Å². The predicted molar refractivity (Wildman–Crippen MR) is 137 cm³/mol. The number of benzene rings is 5. The van der Waals surface area contributed by atoms with E-state index in [1.54, 1.807) is 0 Å². The minimum Gasteiger partial charge on any atom is -0.385 e. The lowest BCUT2D eigenvalue weighted by molar-refractivity contribution is 0.0845. The van der Waals surface area contributed by atoms with E-state index in [1.165, 1.54) is 36.5 Å². The summed E-state index contributed by atoms with van der Waals surface area (Å²) in [7, 11) is 0. The van der Waals surface area contributed by atoms with Crippen LogP contribution in [0.25, 0.3) is 43.1 Å². The molecule has 0 aromatic heterocycles. The fourth-order valence-electron chi connectivity index (χ4n) is 5.54. The molecule has 0 spiro atoms. The first-order valence-corrected chi connectivity index (χ1v) is 11.9. The highest BCUT2D eigenvalue weighted by Gasteiger charge is 2.29. The standard InChI is InChI=1S/C29H26N2O2/c1-2-3-4-5-6-15-30-23-16-22-25-21(28(32)31-29(22)33)14-13-19-18-11-7-9-17-10-8-12-20(24(17)18)26(23)27(19)25/h7-14,16,30H,2-6,15H2,1H3,(H,31,32,33). The van der Waals surface area contributed by atoms with E-state index in [4.69, 9.17) is 0 Å². The van der Waals surface area contributed by atoms with Crippen LogP contribution in [0.5, 0.6) is 0 Å². The number of hydrogen-bond acceptors (Lipinski definition) is 3. The van der Waals surface area contributed by atoms with Crippen LogP contribution in [-0.2, 0) is 0 Å². The summed E-state index contributed by atoms with van der Waals surface area (Å²) < 4.78 is 0. The zero-order chi connectivity index (χ0) is 22.5. The van der Waals surface area contributed by atoms with Crippen molar-refractivity contribution in [3.8, 4) is 0 Å². The smallest absolute Gasteiger partial charge is 0.258 e. The molecule has 0 saturated carbocycles. The lowest BCUT2D eigenvalue weighted by Gasteiger charge is -2.23. The third kappa shape index (κ3) is 2.97. The van der Waals surface area contributed by atoms with E-state index >= 15 is 0 Å². The molecule has 2 amide bonds. The first kappa shape index (κ1) is 20.0.